The van der Waals surface area contributed by atoms with Gasteiger partial charge < -0.3 is 0 Å². The van der Waals surface area contributed by atoms with Gasteiger partial charge in [0, 0.05) is 13.1 Å². The second-order valence-corrected chi connectivity index (χ2v) is 6.00. The van der Waals surface area contributed by atoms with Crippen molar-refractivity contribution in [3.05, 3.63) is 72.9 Å². The van der Waals surface area contributed by atoms with Crippen molar-refractivity contribution in [1.82, 2.24) is 9.80 Å². The van der Waals surface area contributed by atoms with E-state index in [1.165, 1.54) is 0 Å². The van der Waals surface area contributed by atoms with Crippen molar-refractivity contribution >= 4 is 17.8 Å². The molecule has 0 aromatic carbocycles. The van der Waals surface area contributed by atoms with Crippen molar-refractivity contribution in [3.63, 3.8) is 0 Å². The van der Waals surface area contributed by atoms with Crippen molar-refractivity contribution in [1.29, 1.82) is 0 Å². The third-order valence-electron chi connectivity index (χ3n) is 4.09. The maximum atomic E-state index is 12.7. The first-order chi connectivity index (χ1) is 13.0. The fourth-order valence-corrected chi connectivity index (χ4v) is 2.66. The van der Waals surface area contributed by atoms with Crippen LogP contribution in [-0.2, 0) is 9.59 Å². The lowest BCUT2D eigenvalue weighted by Gasteiger charge is -2.32. The maximum Gasteiger partial charge on any atom is 0.333 e. The minimum atomic E-state index is -0.552. The van der Waals surface area contributed by atoms with Gasteiger partial charge in [-0.1, -0.05) is 61.8 Å². The van der Waals surface area contributed by atoms with Gasteiger partial charge in [0.25, 0.3) is 0 Å². The Morgan fingerprint density at radius 2 is 1.52 bits per heavy atom. The first-order valence-corrected chi connectivity index (χ1v) is 9.01. The number of carbonyl (C=O) groups is 3. The highest BCUT2D eigenvalue weighted by Gasteiger charge is 2.37. The quantitative estimate of drug-likeness (QED) is 0.426. The van der Waals surface area contributed by atoms with Crippen LogP contribution in [0.25, 0.3) is 0 Å². The molecule has 0 aromatic heterocycles. The summed E-state index contributed by atoms with van der Waals surface area (Å²) in [4.78, 5) is 39.4. The maximum absolute atomic E-state index is 12.7. The van der Waals surface area contributed by atoms with Crippen LogP contribution in [0.1, 0.15) is 33.1 Å². The third kappa shape index (κ3) is 6.70. The average Bonchev–Trinajstić information content (AvgIpc) is 2.63. The number of imide groups is 2. The van der Waals surface area contributed by atoms with Gasteiger partial charge in [-0.05, 0) is 37.8 Å². The Hall–Kier alpha value is -2.95. The van der Waals surface area contributed by atoms with E-state index in [0.717, 1.165) is 20.9 Å². The summed E-state index contributed by atoms with van der Waals surface area (Å²) < 4.78 is 0. The molecule has 1 saturated heterocycles. The molecule has 5 nitrogen and oxygen atoms in total. The van der Waals surface area contributed by atoms with E-state index in [9.17, 15) is 14.4 Å². The molecule has 1 fully saturated rings. The first-order valence-electron chi connectivity index (χ1n) is 9.01. The lowest BCUT2D eigenvalue weighted by atomic mass is 10.1. The summed E-state index contributed by atoms with van der Waals surface area (Å²) >= 11 is 0. The molecule has 0 atom stereocenters. The van der Waals surface area contributed by atoms with E-state index in [0.29, 0.717) is 12.8 Å². The molecule has 1 aliphatic heterocycles. The van der Waals surface area contributed by atoms with E-state index in [1.807, 2.05) is 50.3 Å². The van der Waals surface area contributed by atoms with Gasteiger partial charge in [-0.2, -0.15) is 0 Å². The van der Waals surface area contributed by atoms with E-state index >= 15 is 0 Å². The first kappa shape index (κ1) is 22.1. The zero-order valence-electron chi connectivity index (χ0n) is 16.2. The Labute approximate surface area is 161 Å². The van der Waals surface area contributed by atoms with Gasteiger partial charge in [0.05, 0.1) is 0 Å². The molecule has 0 saturated carbocycles. The molecule has 1 heterocycles. The molecule has 0 aromatic rings. The van der Waals surface area contributed by atoms with E-state index in [4.69, 9.17) is 0 Å². The molecule has 27 heavy (non-hydrogen) atoms. The molecule has 0 radical (unpaired) electrons. The fourth-order valence-electron chi connectivity index (χ4n) is 2.66. The summed E-state index contributed by atoms with van der Waals surface area (Å²) in [6.45, 7) is 11.7. The SMILES string of the molecule is C=C/C=C(\C=C/C)CCN1C(=O)CC(=O)N(CC/C(C=C)=C/C=C\C)C1=O. The molecule has 1 aliphatic rings. The molecule has 5 heteroatoms. The van der Waals surface area contributed by atoms with Crippen LogP contribution in [0.4, 0.5) is 4.79 Å². The number of hydrogen-bond acceptors (Lipinski definition) is 3. The summed E-state index contributed by atoms with van der Waals surface area (Å²) in [5, 5.41) is 0. The molecule has 1 rings (SSSR count). The second kappa shape index (κ2) is 11.6. The van der Waals surface area contributed by atoms with E-state index < -0.39 is 17.8 Å². The van der Waals surface area contributed by atoms with Crippen LogP contribution in [0, 0.1) is 0 Å². The van der Waals surface area contributed by atoms with E-state index in [2.05, 4.69) is 13.2 Å². The number of carbonyl (C=O) groups excluding carboxylic acids is 3. The fraction of sp³-hybridized carbons (Fsp3) is 0.318. The molecular formula is C22H28N2O3. The van der Waals surface area contributed by atoms with Gasteiger partial charge in [0.2, 0.25) is 11.8 Å². The number of amides is 4. The number of hydrogen-bond donors (Lipinski definition) is 0. The number of barbiturate groups is 1. The average molecular weight is 368 g/mol. The highest BCUT2D eigenvalue weighted by atomic mass is 16.2. The summed E-state index contributed by atoms with van der Waals surface area (Å²) in [6, 6.07) is -0.552. The number of nitrogens with zero attached hydrogens (tertiary/aromatic N) is 2. The second-order valence-electron chi connectivity index (χ2n) is 6.00. The predicted octanol–water partition coefficient (Wildman–Crippen LogP) is 4.32. The molecule has 4 amide bonds. The van der Waals surface area contributed by atoms with Crippen LogP contribution in [0.15, 0.2) is 72.9 Å². The highest BCUT2D eigenvalue weighted by molar-refractivity contribution is 6.14. The Morgan fingerprint density at radius 1 is 0.926 bits per heavy atom. The largest absolute Gasteiger partial charge is 0.333 e. The smallest absolute Gasteiger partial charge is 0.274 e. The van der Waals surface area contributed by atoms with Gasteiger partial charge in [-0.25, -0.2) is 4.79 Å². The van der Waals surface area contributed by atoms with Crippen LogP contribution >= 0.6 is 0 Å². The van der Waals surface area contributed by atoms with Crippen molar-refractivity contribution in [2.45, 2.75) is 33.1 Å². The highest BCUT2D eigenvalue weighted by Crippen LogP contribution is 2.17. The summed E-state index contributed by atoms with van der Waals surface area (Å²) in [5.74, 6) is -0.904. The Bertz CT molecular complexity index is 711. The minimum absolute atomic E-state index is 0.223. The molecule has 0 aliphatic carbocycles. The summed E-state index contributed by atoms with van der Waals surface area (Å²) in [7, 11) is 0. The minimum Gasteiger partial charge on any atom is -0.274 e. The van der Waals surface area contributed by atoms with Gasteiger partial charge in [-0.15, -0.1) is 0 Å². The monoisotopic (exact) mass is 368 g/mol. The predicted molar refractivity (Wildman–Crippen MR) is 109 cm³/mol. The Balaban J connectivity index is 2.84. The zero-order valence-corrected chi connectivity index (χ0v) is 16.2. The molecule has 0 unspecified atom stereocenters. The molecule has 0 bridgehead atoms. The van der Waals surface area contributed by atoms with Crippen LogP contribution in [0.2, 0.25) is 0 Å². The molecule has 144 valence electrons. The Kier molecular flexibility index (Phi) is 9.51. The molecule has 0 N–H and O–H groups in total. The van der Waals surface area contributed by atoms with Crippen molar-refractivity contribution in [2.24, 2.45) is 0 Å². The van der Waals surface area contributed by atoms with Crippen LogP contribution in [0.5, 0.6) is 0 Å². The Morgan fingerprint density at radius 3 is 2.00 bits per heavy atom. The number of urea groups is 1. The standard InChI is InChI=1S/C22H28N2O3/c1-5-9-12-18(8-4)13-15-23-20(25)17-21(26)24(22(23)27)16-14-19(10-6-2)11-7-3/h5-12H,2,4,13-17H2,1,3H3/b9-5-,11-7-,18-12+,19-10+. The van der Waals surface area contributed by atoms with Gasteiger partial charge in [-0.3, -0.25) is 19.4 Å². The topological polar surface area (TPSA) is 57.7 Å². The van der Waals surface area contributed by atoms with Crippen molar-refractivity contribution in [3.8, 4) is 0 Å². The van der Waals surface area contributed by atoms with Gasteiger partial charge in [0.1, 0.15) is 6.42 Å². The zero-order chi connectivity index (χ0) is 20.2. The summed E-state index contributed by atoms with van der Waals surface area (Å²) in [6.07, 6.45) is 15.4. The van der Waals surface area contributed by atoms with Crippen LogP contribution in [0.3, 0.4) is 0 Å². The number of rotatable bonds is 10. The summed E-state index contributed by atoms with van der Waals surface area (Å²) in [5.41, 5.74) is 1.88. The van der Waals surface area contributed by atoms with Crippen molar-refractivity contribution < 1.29 is 14.4 Å². The van der Waals surface area contributed by atoms with E-state index in [-0.39, 0.29) is 19.5 Å². The molecule has 0 spiro atoms. The normalized spacial score (nSPS) is 16.7. The van der Waals surface area contributed by atoms with E-state index in [1.54, 1.807) is 12.2 Å². The van der Waals surface area contributed by atoms with Gasteiger partial charge >= 0.3 is 6.03 Å². The van der Waals surface area contributed by atoms with Gasteiger partial charge in [0.15, 0.2) is 0 Å². The lowest BCUT2D eigenvalue weighted by molar-refractivity contribution is -0.142. The van der Waals surface area contributed by atoms with Crippen molar-refractivity contribution in [2.75, 3.05) is 13.1 Å². The number of allylic oxidation sites excluding steroid dienone is 8. The lowest BCUT2D eigenvalue weighted by Crippen LogP contribution is -2.55. The third-order valence-corrected chi connectivity index (χ3v) is 4.09. The van der Waals surface area contributed by atoms with Crippen LogP contribution < -0.4 is 0 Å². The molecular weight excluding hydrogens is 340 g/mol. The van der Waals surface area contributed by atoms with Crippen LogP contribution in [-0.4, -0.2) is 40.7 Å².